The third-order valence-corrected chi connectivity index (χ3v) is 2.97. The average Bonchev–Trinajstić information content (AvgIpc) is 3.02. The minimum absolute atomic E-state index is 0.000293. The van der Waals surface area contributed by atoms with Crippen LogP contribution in [0.15, 0.2) is 11.4 Å². The number of aromatic nitrogens is 5. The Morgan fingerprint density at radius 1 is 1.53 bits per heavy atom. The van der Waals surface area contributed by atoms with E-state index in [2.05, 4.69) is 35.4 Å². The number of anilines is 1. The minimum atomic E-state index is -0.0684. The van der Waals surface area contributed by atoms with E-state index in [-0.39, 0.29) is 11.8 Å². The van der Waals surface area contributed by atoms with Gasteiger partial charge in [0.05, 0.1) is 0 Å². The van der Waals surface area contributed by atoms with Crippen LogP contribution in [0.2, 0.25) is 0 Å². The Labute approximate surface area is 106 Å². The first kappa shape index (κ1) is 11.4. The lowest BCUT2D eigenvalue weighted by Gasteiger charge is -2.14. The molecule has 0 saturated carbocycles. The molecule has 19 heavy (non-hydrogen) atoms. The Morgan fingerprint density at radius 2 is 2.42 bits per heavy atom. The molecule has 0 bridgehead atoms. The largest absolute Gasteiger partial charge is 0.294 e. The number of aromatic amines is 1. The van der Waals surface area contributed by atoms with E-state index in [1.165, 1.54) is 11.2 Å². The van der Waals surface area contributed by atoms with Gasteiger partial charge in [0.15, 0.2) is 11.3 Å². The van der Waals surface area contributed by atoms with Crippen LogP contribution < -0.4 is 4.90 Å². The van der Waals surface area contributed by atoms with Gasteiger partial charge in [-0.3, -0.25) is 9.69 Å². The summed E-state index contributed by atoms with van der Waals surface area (Å²) in [7, 11) is 0. The van der Waals surface area contributed by atoms with Gasteiger partial charge < -0.3 is 0 Å². The maximum atomic E-state index is 12.0. The standard InChI is InChI=1S/C9H9N9O/c10-16-13-2-5-1-6(19)18(3-5)9-7-8(11-4-12-9)15-17-14-7/h4-5H,1-3H2,(H,11,12,14,15,17). The topological polar surface area (TPSA) is 136 Å². The molecule has 0 radical (unpaired) electrons. The second-order valence-corrected chi connectivity index (χ2v) is 4.18. The van der Waals surface area contributed by atoms with Gasteiger partial charge in [-0.1, -0.05) is 5.11 Å². The lowest BCUT2D eigenvalue weighted by atomic mass is 10.1. The molecule has 0 aromatic carbocycles. The highest BCUT2D eigenvalue weighted by Crippen LogP contribution is 2.27. The maximum Gasteiger partial charge on any atom is 0.228 e. The van der Waals surface area contributed by atoms with E-state index in [9.17, 15) is 4.79 Å². The zero-order chi connectivity index (χ0) is 13.2. The second kappa shape index (κ2) is 4.50. The Bertz CT molecular complexity index is 673. The monoisotopic (exact) mass is 259 g/mol. The molecule has 1 atom stereocenters. The summed E-state index contributed by atoms with van der Waals surface area (Å²) in [4.78, 5) is 24.3. The van der Waals surface area contributed by atoms with Crippen molar-refractivity contribution in [1.29, 1.82) is 0 Å². The smallest absolute Gasteiger partial charge is 0.228 e. The number of nitrogens with zero attached hydrogens (tertiary/aromatic N) is 8. The van der Waals surface area contributed by atoms with Crippen molar-refractivity contribution in [2.45, 2.75) is 6.42 Å². The first-order valence-electron chi connectivity index (χ1n) is 5.62. The minimum Gasteiger partial charge on any atom is -0.294 e. The van der Waals surface area contributed by atoms with Gasteiger partial charge in [0.2, 0.25) is 11.6 Å². The highest BCUT2D eigenvalue weighted by molar-refractivity contribution is 6.00. The summed E-state index contributed by atoms with van der Waals surface area (Å²) in [5, 5.41) is 13.8. The summed E-state index contributed by atoms with van der Waals surface area (Å²) in [5.41, 5.74) is 9.18. The molecule has 0 spiro atoms. The van der Waals surface area contributed by atoms with Gasteiger partial charge in [0.25, 0.3) is 0 Å². The zero-order valence-electron chi connectivity index (χ0n) is 9.76. The van der Waals surface area contributed by atoms with E-state index in [0.717, 1.165) is 0 Å². The molecule has 3 heterocycles. The van der Waals surface area contributed by atoms with Crippen molar-refractivity contribution < 1.29 is 4.79 Å². The van der Waals surface area contributed by atoms with E-state index in [4.69, 9.17) is 5.53 Å². The molecular formula is C9H9N9O. The number of rotatable bonds is 3. The van der Waals surface area contributed by atoms with Gasteiger partial charge in [-0.05, 0) is 11.4 Å². The summed E-state index contributed by atoms with van der Waals surface area (Å²) in [6, 6.07) is 0. The molecular weight excluding hydrogens is 250 g/mol. The zero-order valence-corrected chi connectivity index (χ0v) is 9.76. The second-order valence-electron chi connectivity index (χ2n) is 4.18. The summed E-state index contributed by atoms with van der Waals surface area (Å²) in [6.45, 7) is 0.753. The lowest BCUT2D eigenvalue weighted by molar-refractivity contribution is -0.117. The number of amides is 1. The highest BCUT2D eigenvalue weighted by atomic mass is 16.2. The molecule has 10 nitrogen and oxygen atoms in total. The first-order chi connectivity index (χ1) is 9.29. The Morgan fingerprint density at radius 3 is 3.26 bits per heavy atom. The maximum absolute atomic E-state index is 12.0. The van der Waals surface area contributed by atoms with Crippen LogP contribution >= 0.6 is 0 Å². The Balaban J connectivity index is 1.92. The number of carbonyl (C=O) groups is 1. The van der Waals surface area contributed by atoms with Crippen LogP contribution in [-0.4, -0.2) is 44.4 Å². The van der Waals surface area contributed by atoms with Crippen LogP contribution in [-0.2, 0) is 4.79 Å². The fourth-order valence-corrected chi connectivity index (χ4v) is 2.12. The molecule has 2 aromatic heterocycles. The fraction of sp³-hybridized carbons (Fsp3) is 0.444. The van der Waals surface area contributed by atoms with Crippen LogP contribution in [0.25, 0.3) is 21.6 Å². The Kier molecular flexibility index (Phi) is 2.69. The molecule has 1 N–H and O–H groups in total. The van der Waals surface area contributed by atoms with Gasteiger partial charge in [-0.15, -0.1) is 5.10 Å². The molecule has 2 aromatic rings. The van der Waals surface area contributed by atoms with E-state index < -0.39 is 0 Å². The Hall–Kier alpha value is -2.74. The van der Waals surface area contributed by atoms with Crippen LogP contribution in [0.4, 0.5) is 5.82 Å². The average molecular weight is 259 g/mol. The number of hydrogen-bond donors (Lipinski definition) is 1. The van der Waals surface area contributed by atoms with E-state index in [1.807, 2.05) is 0 Å². The van der Waals surface area contributed by atoms with Crippen molar-refractivity contribution in [3.63, 3.8) is 0 Å². The van der Waals surface area contributed by atoms with E-state index in [0.29, 0.717) is 36.5 Å². The van der Waals surface area contributed by atoms with Crippen molar-refractivity contribution in [3.8, 4) is 0 Å². The molecule has 1 unspecified atom stereocenters. The normalized spacial score (nSPS) is 18.8. The van der Waals surface area contributed by atoms with Gasteiger partial charge in [0, 0.05) is 24.4 Å². The van der Waals surface area contributed by atoms with Crippen molar-refractivity contribution in [2.75, 3.05) is 18.0 Å². The highest BCUT2D eigenvalue weighted by Gasteiger charge is 2.32. The number of nitrogens with one attached hydrogen (secondary N) is 1. The number of azide groups is 1. The number of H-pyrrole nitrogens is 1. The summed E-state index contributed by atoms with van der Waals surface area (Å²) in [5.74, 6) is 0.369. The summed E-state index contributed by atoms with van der Waals surface area (Å²) in [6.07, 6.45) is 1.68. The number of carbonyl (C=O) groups excluding carboxylic acids is 1. The summed E-state index contributed by atoms with van der Waals surface area (Å²) >= 11 is 0. The SMILES string of the molecule is [N-]=[N+]=NCC1CC(=O)N(c2ncnc3n[nH]nc23)C1. The molecule has 1 saturated heterocycles. The molecule has 0 aliphatic carbocycles. The van der Waals surface area contributed by atoms with Crippen LogP contribution in [0, 0.1) is 5.92 Å². The molecule has 1 amide bonds. The van der Waals surface area contributed by atoms with Gasteiger partial charge in [0.1, 0.15) is 6.33 Å². The molecule has 1 fully saturated rings. The number of hydrogen-bond acceptors (Lipinski definition) is 6. The van der Waals surface area contributed by atoms with Gasteiger partial charge >= 0.3 is 0 Å². The van der Waals surface area contributed by atoms with Crippen molar-refractivity contribution in [2.24, 2.45) is 11.0 Å². The van der Waals surface area contributed by atoms with E-state index >= 15 is 0 Å². The van der Waals surface area contributed by atoms with Crippen molar-refractivity contribution in [1.82, 2.24) is 25.4 Å². The quantitative estimate of drug-likeness (QED) is 0.483. The van der Waals surface area contributed by atoms with Crippen LogP contribution in [0.5, 0.6) is 0 Å². The van der Waals surface area contributed by atoms with Crippen LogP contribution in [0.3, 0.4) is 0 Å². The third-order valence-electron chi connectivity index (χ3n) is 2.97. The third kappa shape index (κ3) is 1.93. The molecule has 96 valence electrons. The first-order valence-corrected chi connectivity index (χ1v) is 5.62. The van der Waals surface area contributed by atoms with Crippen molar-refractivity contribution >= 4 is 22.9 Å². The van der Waals surface area contributed by atoms with Gasteiger partial charge in [-0.25, -0.2) is 9.97 Å². The van der Waals surface area contributed by atoms with Crippen molar-refractivity contribution in [3.05, 3.63) is 16.8 Å². The van der Waals surface area contributed by atoms with Gasteiger partial charge in [-0.2, -0.15) is 10.3 Å². The summed E-state index contributed by atoms with van der Waals surface area (Å²) < 4.78 is 0. The lowest BCUT2D eigenvalue weighted by Crippen LogP contribution is -2.26. The molecule has 3 rings (SSSR count). The van der Waals surface area contributed by atoms with Crippen LogP contribution in [0.1, 0.15) is 6.42 Å². The predicted molar refractivity (Wildman–Crippen MR) is 64.0 cm³/mol. The predicted octanol–water partition coefficient (Wildman–Crippen LogP) is 0.411. The van der Waals surface area contributed by atoms with E-state index in [1.54, 1.807) is 0 Å². The number of fused-ring (bicyclic) bond motifs is 1. The fourth-order valence-electron chi connectivity index (χ4n) is 2.12. The molecule has 10 heteroatoms. The molecule has 1 aliphatic heterocycles. The molecule has 1 aliphatic rings.